The van der Waals surface area contributed by atoms with Crippen LogP contribution in [0.15, 0.2) is 23.7 Å². The lowest BCUT2D eigenvalue weighted by atomic mass is 10.1. The number of benzene rings is 1. The fourth-order valence-electron chi connectivity index (χ4n) is 2.35. The van der Waals surface area contributed by atoms with Crippen molar-refractivity contribution in [2.45, 2.75) is 26.0 Å². The standard InChI is InChI=1S/C14H17N3O2S/c1-9-10(2)19-6-5-17(9)14(18)16-11-3-4-12-13(7-11)20-8-15-12/h3-4,7-10H,5-6H2,1-2H3,(H,16,18)/t9-,10-/m0/s1. The molecule has 106 valence electrons. The summed E-state index contributed by atoms with van der Waals surface area (Å²) in [7, 11) is 0. The molecule has 6 heteroatoms. The average Bonchev–Trinajstić information content (AvgIpc) is 2.89. The van der Waals surface area contributed by atoms with Gasteiger partial charge in [0.05, 0.1) is 34.5 Å². The number of nitrogens with zero attached hydrogens (tertiary/aromatic N) is 2. The lowest BCUT2D eigenvalue weighted by Crippen LogP contribution is -2.52. The van der Waals surface area contributed by atoms with E-state index >= 15 is 0 Å². The maximum atomic E-state index is 12.3. The van der Waals surface area contributed by atoms with Crippen LogP contribution in [-0.2, 0) is 4.74 Å². The van der Waals surface area contributed by atoms with Gasteiger partial charge in [-0.3, -0.25) is 0 Å². The second-order valence-corrected chi connectivity index (χ2v) is 5.86. The summed E-state index contributed by atoms with van der Waals surface area (Å²) >= 11 is 1.57. The van der Waals surface area contributed by atoms with E-state index < -0.39 is 0 Å². The van der Waals surface area contributed by atoms with Crippen LogP contribution in [0.3, 0.4) is 0 Å². The Kier molecular flexibility index (Phi) is 3.58. The molecule has 1 aliphatic rings. The van der Waals surface area contributed by atoms with E-state index in [1.54, 1.807) is 11.3 Å². The fourth-order valence-corrected chi connectivity index (χ4v) is 3.06. The third-order valence-electron chi connectivity index (χ3n) is 3.73. The van der Waals surface area contributed by atoms with Gasteiger partial charge in [-0.15, -0.1) is 11.3 Å². The van der Waals surface area contributed by atoms with Crippen LogP contribution in [0.5, 0.6) is 0 Å². The van der Waals surface area contributed by atoms with E-state index in [0.717, 1.165) is 15.9 Å². The lowest BCUT2D eigenvalue weighted by molar-refractivity contribution is -0.0355. The third-order valence-corrected chi connectivity index (χ3v) is 4.52. The van der Waals surface area contributed by atoms with E-state index in [4.69, 9.17) is 4.74 Å². The van der Waals surface area contributed by atoms with Gasteiger partial charge in [0.25, 0.3) is 0 Å². The minimum atomic E-state index is -0.0727. The molecular weight excluding hydrogens is 274 g/mol. The van der Waals surface area contributed by atoms with E-state index in [-0.39, 0.29) is 18.2 Å². The molecular formula is C14H17N3O2S. The van der Waals surface area contributed by atoms with Crippen molar-refractivity contribution >= 4 is 33.3 Å². The summed E-state index contributed by atoms with van der Waals surface area (Å²) < 4.78 is 6.61. The summed E-state index contributed by atoms with van der Waals surface area (Å²) in [6, 6.07) is 5.77. The Balaban J connectivity index is 1.74. The Morgan fingerprint density at radius 3 is 3.20 bits per heavy atom. The van der Waals surface area contributed by atoms with Crippen molar-refractivity contribution in [2.24, 2.45) is 0 Å². The predicted octanol–water partition coefficient (Wildman–Crippen LogP) is 2.94. The summed E-state index contributed by atoms with van der Waals surface area (Å²) in [6.07, 6.45) is 0.0680. The minimum absolute atomic E-state index is 0.0680. The number of hydrogen-bond acceptors (Lipinski definition) is 4. The second-order valence-electron chi connectivity index (χ2n) is 4.97. The number of aromatic nitrogens is 1. The summed E-state index contributed by atoms with van der Waals surface area (Å²) in [5.41, 5.74) is 3.57. The Morgan fingerprint density at radius 1 is 1.50 bits per heavy atom. The number of carbonyl (C=O) groups excluding carboxylic acids is 1. The van der Waals surface area contributed by atoms with Crippen LogP contribution in [-0.4, -0.2) is 41.2 Å². The number of rotatable bonds is 1. The van der Waals surface area contributed by atoms with E-state index in [1.165, 1.54) is 0 Å². The summed E-state index contributed by atoms with van der Waals surface area (Å²) in [6.45, 7) is 5.22. The fraction of sp³-hybridized carbons (Fsp3) is 0.429. The number of hydrogen-bond donors (Lipinski definition) is 1. The van der Waals surface area contributed by atoms with Gasteiger partial charge in [0.15, 0.2) is 0 Å². The van der Waals surface area contributed by atoms with Crippen molar-refractivity contribution in [2.75, 3.05) is 18.5 Å². The van der Waals surface area contributed by atoms with Gasteiger partial charge < -0.3 is 15.0 Å². The monoisotopic (exact) mass is 291 g/mol. The van der Waals surface area contributed by atoms with Gasteiger partial charge in [0, 0.05) is 12.2 Å². The van der Waals surface area contributed by atoms with Crippen LogP contribution in [0.25, 0.3) is 10.2 Å². The van der Waals surface area contributed by atoms with Crippen LogP contribution >= 0.6 is 11.3 Å². The van der Waals surface area contributed by atoms with E-state index in [9.17, 15) is 4.79 Å². The van der Waals surface area contributed by atoms with Gasteiger partial charge in [-0.25, -0.2) is 9.78 Å². The molecule has 0 unspecified atom stereocenters. The van der Waals surface area contributed by atoms with Gasteiger partial charge in [-0.1, -0.05) is 0 Å². The topological polar surface area (TPSA) is 54.5 Å². The molecule has 5 nitrogen and oxygen atoms in total. The molecule has 2 aromatic rings. The number of nitrogens with one attached hydrogen (secondary N) is 1. The van der Waals surface area contributed by atoms with Crippen molar-refractivity contribution in [3.63, 3.8) is 0 Å². The molecule has 0 bridgehead atoms. The highest BCUT2D eigenvalue weighted by molar-refractivity contribution is 7.16. The number of anilines is 1. The van der Waals surface area contributed by atoms with Gasteiger partial charge in [-0.2, -0.15) is 0 Å². The molecule has 1 saturated heterocycles. The Hall–Kier alpha value is -1.66. The van der Waals surface area contributed by atoms with E-state index in [0.29, 0.717) is 13.2 Å². The van der Waals surface area contributed by atoms with E-state index in [1.807, 2.05) is 42.5 Å². The van der Waals surface area contributed by atoms with Gasteiger partial charge in [-0.05, 0) is 32.0 Å². The molecule has 1 aromatic carbocycles. The minimum Gasteiger partial charge on any atom is -0.375 e. The number of amides is 2. The highest BCUT2D eigenvalue weighted by Crippen LogP contribution is 2.22. The number of morpholine rings is 1. The van der Waals surface area contributed by atoms with E-state index in [2.05, 4.69) is 10.3 Å². The highest BCUT2D eigenvalue weighted by atomic mass is 32.1. The molecule has 20 heavy (non-hydrogen) atoms. The molecule has 2 heterocycles. The Labute approximate surface area is 121 Å². The zero-order chi connectivity index (χ0) is 14.1. The molecule has 3 rings (SSSR count). The van der Waals surface area contributed by atoms with Crippen LogP contribution in [0.4, 0.5) is 10.5 Å². The van der Waals surface area contributed by atoms with Gasteiger partial charge in [0.1, 0.15) is 0 Å². The second kappa shape index (κ2) is 5.38. The molecule has 1 N–H and O–H groups in total. The zero-order valence-corrected chi connectivity index (χ0v) is 12.3. The molecule has 0 spiro atoms. The summed E-state index contributed by atoms with van der Waals surface area (Å²) in [5, 5.41) is 2.95. The van der Waals surface area contributed by atoms with Crippen LogP contribution < -0.4 is 5.32 Å². The maximum Gasteiger partial charge on any atom is 0.322 e. The number of ether oxygens (including phenoxy) is 1. The first kappa shape index (κ1) is 13.3. The summed E-state index contributed by atoms with van der Waals surface area (Å²) in [4.78, 5) is 18.4. The highest BCUT2D eigenvalue weighted by Gasteiger charge is 2.29. The Morgan fingerprint density at radius 2 is 2.35 bits per heavy atom. The van der Waals surface area contributed by atoms with Gasteiger partial charge >= 0.3 is 6.03 Å². The normalized spacial score (nSPS) is 23.0. The molecule has 1 aromatic heterocycles. The van der Waals surface area contributed by atoms with Crippen molar-refractivity contribution in [3.8, 4) is 0 Å². The summed E-state index contributed by atoms with van der Waals surface area (Å²) in [5.74, 6) is 0. The largest absolute Gasteiger partial charge is 0.375 e. The molecule has 0 aliphatic carbocycles. The number of thiazole rings is 1. The molecule has 1 aliphatic heterocycles. The molecule has 0 saturated carbocycles. The molecule has 2 atom stereocenters. The Bertz CT molecular complexity index is 628. The quantitative estimate of drug-likeness (QED) is 0.879. The van der Waals surface area contributed by atoms with Crippen molar-refractivity contribution < 1.29 is 9.53 Å². The number of fused-ring (bicyclic) bond motifs is 1. The molecule has 2 amide bonds. The smallest absolute Gasteiger partial charge is 0.322 e. The van der Waals surface area contributed by atoms with Crippen LogP contribution in [0, 0.1) is 0 Å². The molecule has 0 radical (unpaired) electrons. The first-order valence-electron chi connectivity index (χ1n) is 6.67. The maximum absolute atomic E-state index is 12.3. The lowest BCUT2D eigenvalue weighted by Gasteiger charge is -2.37. The van der Waals surface area contributed by atoms with Crippen LogP contribution in [0.1, 0.15) is 13.8 Å². The average molecular weight is 291 g/mol. The van der Waals surface area contributed by atoms with Crippen molar-refractivity contribution in [3.05, 3.63) is 23.7 Å². The first-order chi connectivity index (χ1) is 9.65. The SMILES string of the molecule is C[C@@H]1OCCN(C(=O)Nc2ccc3ncsc3c2)[C@H]1C. The first-order valence-corrected chi connectivity index (χ1v) is 7.55. The number of carbonyl (C=O) groups is 1. The van der Waals surface area contributed by atoms with Crippen molar-refractivity contribution in [1.82, 2.24) is 9.88 Å². The zero-order valence-electron chi connectivity index (χ0n) is 11.5. The van der Waals surface area contributed by atoms with Gasteiger partial charge in [0.2, 0.25) is 0 Å². The molecule has 1 fully saturated rings. The third kappa shape index (κ3) is 2.48. The van der Waals surface area contributed by atoms with Crippen LogP contribution in [0.2, 0.25) is 0 Å². The number of urea groups is 1. The predicted molar refractivity (Wildman–Crippen MR) is 80.2 cm³/mol. The van der Waals surface area contributed by atoms with Crippen molar-refractivity contribution in [1.29, 1.82) is 0 Å².